The van der Waals surface area contributed by atoms with Crippen LogP contribution in [0.4, 0.5) is 0 Å². The monoisotopic (exact) mass is 931 g/mol. The molecule has 350 valence electrons. The third kappa shape index (κ3) is 6.05. The maximum absolute atomic E-state index is 6.86. The van der Waals surface area contributed by atoms with E-state index >= 15 is 0 Å². The van der Waals surface area contributed by atoms with Crippen LogP contribution >= 0.6 is 0 Å². The predicted molar refractivity (Wildman–Crippen MR) is 307 cm³/mol. The number of para-hydroxylation sites is 2. The molecule has 0 saturated carbocycles. The lowest BCUT2D eigenvalue weighted by Crippen LogP contribution is -2.12. The molecule has 4 heteroatoms. The van der Waals surface area contributed by atoms with Crippen molar-refractivity contribution >= 4 is 92.9 Å². The SMILES string of the molecule is CC(C)(C)c1ccc(-n2c3ccc(C(C)(C)C)cc3c3c4c5ccc(C(C)(C)C)c6c7oc8ccccc8c7n(c4ccc32)c56)c(-c2ccc3c(c2)c2ccccc2n3-c2cccc(-c3ccccc3)c2)c1. The summed E-state index contributed by atoms with van der Waals surface area (Å²) >= 11 is 0. The van der Waals surface area contributed by atoms with E-state index in [1.54, 1.807) is 0 Å². The van der Waals surface area contributed by atoms with E-state index in [1.165, 1.54) is 115 Å². The van der Waals surface area contributed by atoms with Gasteiger partial charge in [0, 0.05) is 54.3 Å². The van der Waals surface area contributed by atoms with Crippen molar-refractivity contribution in [3.63, 3.8) is 0 Å². The van der Waals surface area contributed by atoms with Gasteiger partial charge in [0.15, 0.2) is 5.58 Å². The molecular weight excluding hydrogens is 875 g/mol. The van der Waals surface area contributed by atoms with Crippen LogP contribution < -0.4 is 0 Å². The Morgan fingerprint density at radius 1 is 0.361 bits per heavy atom. The van der Waals surface area contributed by atoms with Crippen molar-refractivity contribution in [1.82, 2.24) is 13.5 Å². The van der Waals surface area contributed by atoms with E-state index in [1.807, 2.05) is 0 Å². The maximum Gasteiger partial charge on any atom is 0.161 e. The smallest absolute Gasteiger partial charge is 0.161 e. The van der Waals surface area contributed by atoms with Crippen molar-refractivity contribution in [3.05, 3.63) is 199 Å². The standard InChI is InChI=1S/C68H57N3O/c1-66(2,3)43-27-32-54(49(38-43)42-26-31-55-50(37-42)46-22-13-15-24-53(46)69(55)45-21-17-20-41(36-45)40-18-11-10-12-19-40)70-56-33-28-44(67(4,5)6)39-51(56)61-57(70)34-35-58-60(61)48-29-30-52(68(7,8)9)62-63(48)71(58)64-47-23-14-16-25-59(47)72-65(62)64/h10-39H,1-9H3. The minimum absolute atomic E-state index is 0.0493. The zero-order valence-electron chi connectivity index (χ0n) is 42.6. The van der Waals surface area contributed by atoms with Crippen molar-refractivity contribution in [2.75, 3.05) is 0 Å². The van der Waals surface area contributed by atoms with Gasteiger partial charge in [-0.1, -0.05) is 165 Å². The second-order valence-corrected chi connectivity index (χ2v) is 23.4. The Hall–Kier alpha value is -8.08. The molecule has 14 rings (SSSR count). The van der Waals surface area contributed by atoms with Gasteiger partial charge in [0.25, 0.3) is 0 Å². The first-order chi connectivity index (χ1) is 34.6. The lowest BCUT2D eigenvalue weighted by molar-refractivity contribution is 0.590. The van der Waals surface area contributed by atoms with Crippen molar-refractivity contribution in [2.24, 2.45) is 0 Å². The molecule has 0 atom stereocenters. The van der Waals surface area contributed by atoms with Gasteiger partial charge in [0.1, 0.15) is 11.1 Å². The molecule has 0 bridgehead atoms. The average Bonchev–Trinajstić information content (AvgIpc) is 4.17. The van der Waals surface area contributed by atoms with Crippen LogP contribution in [0.25, 0.3) is 127 Å². The summed E-state index contributed by atoms with van der Waals surface area (Å²) in [5.41, 5.74) is 21.1. The minimum atomic E-state index is -0.0979. The number of fused-ring (bicyclic) bond motifs is 15. The molecule has 14 aromatic rings. The molecule has 5 aromatic heterocycles. The van der Waals surface area contributed by atoms with Gasteiger partial charge in [-0.2, -0.15) is 0 Å². The van der Waals surface area contributed by atoms with Crippen LogP contribution in [0.15, 0.2) is 186 Å². The van der Waals surface area contributed by atoms with E-state index in [-0.39, 0.29) is 16.2 Å². The number of aromatic nitrogens is 3. The molecule has 0 fully saturated rings. The van der Waals surface area contributed by atoms with Crippen LogP contribution in [-0.4, -0.2) is 13.5 Å². The first kappa shape index (κ1) is 42.8. The highest BCUT2D eigenvalue weighted by Crippen LogP contribution is 2.50. The van der Waals surface area contributed by atoms with E-state index in [9.17, 15) is 0 Å². The summed E-state index contributed by atoms with van der Waals surface area (Å²) in [5.74, 6) is 0. The molecule has 0 unspecified atom stereocenters. The number of hydrogen-bond acceptors (Lipinski definition) is 1. The van der Waals surface area contributed by atoms with E-state index < -0.39 is 0 Å². The van der Waals surface area contributed by atoms with Gasteiger partial charge in [0.05, 0.1) is 38.8 Å². The lowest BCUT2D eigenvalue weighted by atomic mass is 9.84. The Labute approximate surface area is 419 Å². The van der Waals surface area contributed by atoms with Crippen molar-refractivity contribution in [2.45, 2.75) is 78.6 Å². The predicted octanol–water partition coefficient (Wildman–Crippen LogP) is 19.0. The Morgan fingerprint density at radius 3 is 1.79 bits per heavy atom. The van der Waals surface area contributed by atoms with Crippen LogP contribution in [0.1, 0.15) is 79.0 Å². The number of furan rings is 1. The quantitative estimate of drug-likeness (QED) is 0.173. The van der Waals surface area contributed by atoms with E-state index in [2.05, 4.69) is 258 Å². The third-order valence-corrected chi connectivity index (χ3v) is 15.8. The van der Waals surface area contributed by atoms with Crippen LogP contribution in [0.5, 0.6) is 0 Å². The van der Waals surface area contributed by atoms with Crippen LogP contribution in [0.3, 0.4) is 0 Å². The van der Waals surface area contributed by atoms with Crippen molar-refractivity contribution in [3.8, 4) is 33.6 Å². The largest absolute Gasteiger partial charge is 0.454 e. The van der Waals surface area contributed by atoms with Gasteiger partial charge >= 0.3 is 0 Å². The molecular formula is C68H57N3O. The molecule has 4 nitrogen and oxygen atoms in total. The molecule has 0 aliphatic heterocycles. The molecule has 0 aliphatic carbocycles. The summed E-state index contributed by atoms with van der Waals surface area (Å²) in [5, 5.41) is 9.93. The van der Waals surface area contributed by atoms with Gasteiger partial charge in [-0.3, -0.25) is 0 Å². The molecule has 0 aliphatic rings. The second kappa shape index (κ2) is 14.7. The summed E-state index contributed by atoms with van der Waals surface area (Å²) < 4.78 is 14.4. The van der Waals surface area contributed by atoms with Crippen LogP contribution in [-0.2, 0) is 16.2 Å². The van der Waals surface area contributed by atoms with Gasteiger partial charge < -0.3 is 18.0 Å². The first-order valence-electron chi connectivity index (χ1n) is 25.6. The highest BCUT2D eigenvalue weighted by atomic mass is 16.3. The van der Waals surface area contributed by atoms with E-state index in [4.69, 9.17) is 4.42 Å². The molecule has 0 saturated heterocycles. The maximum atomic E-state index is 6.86. The molecule has 0 N–H and O–H groups in total. The fourth-order valence-corrected chi connectivity index (χ4v) is 12.2. The number of benzene rings is 9. The topological polar surface area (TPSA) is 27.4 Å². The van der Waals surface area contributed by atoms with Gasteiger partial charge in [-0.15, -0.1) is 0 Å². The number of hydrogen-bond donors (Lipinski definition) is 0. The Morgan fingerprint density at radius 2 is 1.00 bits per heavy atom. The van der Waals surface area contributed by atoms with Gasteiger partial charge in [0.2, 0.25) is 0 Å². The molecule has 72 heavy (non-hydrogen) atoms. The van der Waals surface area contributed by atoms with E-state index in [0.717, 1.165) is 27.8 Å². The molecule has 5 heterocycles. The fourth-order valence-electron chi connectivity index (χ4n) is 12.2. The number of rotatable bonds is 4. The third-order valence-electron chi connectivity index (χ3n) is 15.8. The van der Waals surface area contributed by atoms with Gasteiger partial charge in [-0.25, -0.2) is 0 Å². The minimum Gasteiger partial charge on any atom is -0.454 e. The summed E-state index contributed by atoms with van der Waals surface area (Å²) in [4.78, 5) is 0. The van der Waals surface area contributed by atoms with E-state index in [0.29, 0.717) is 0 Å². The van der Waals surface area contributed by atoms with Crippen LogP contribution in [0, 0.1) is 0 Å². The molecule has 0 radical (unpaired) electrons. The Bertz CT molecular complexity index is 4550. The Balaban J connectivity index is 1.07. The zero-order valence-corrected chi connectivity index (χ0v) is 42.6. The summed E-state index contributed by atoms with van der Waals surface area (Å²) in [6.45, 7) is 20.9. The van der Waals surface area contributed by atoms with Crippen molar-refractivity contribution in [1.29, 1.82) is 0 Å². The second-order valence-electron chi connectivity index (χ2n) is 23.4. The Kier molecular flexibility index (Phi) is 8.76. The molecule has 9 aromatic carbocycles. The fraction of sp³-hybridized carbons (Fsp3) is 0.176. The summed E-state index contributed by atoms with van der Waals surface area (Å²) in [7, 11) is 0. The molecule has 0 amide bonds. The lowest BCUT2D eigenvalue weighted by Gasteiger charge is -2.23. The van der Waals surface area contributed by atoms with Crippen molar-refractivity contribution < 1.29 is 4.42 Å². The summed E-state index contributed by atoms with van der Waals surface area (Å²) in [6.07, 6.45) is 0. The highest BCUT2D eigenvalue weighted by Gasteiger charge is 2.31. The first-order valence-corrected chi connectivity index (χ1v) is 25.6. The normalized spacial score (nSPS) is 13.1. The summed E-state index contributed by atoms with van der Waals surface area (Å²) in [6, 6.07) is 68.2. The highest BCUT2D eigenvalue weighted by molar-refractivity contribution is 6.34. The average molecular weight is 932 g/mol. The van der Waals surface area contributed by atoms with Crippen LogP contribution in [0.2, 0.25) is 0 Å². The molecule has 0 spiro atoms. The number of nitrogens with zero attached hydrogens (tertiary/aromatic N) is 3. The zero-order chi connectivity index (χ0) is 49.2. The van der Waals surface area contributed by atoms with Gasteiger partial charge in [-0.05, 0) is 128 Å².